The van der Waals surface area contributed by atoms with Gasteiger partial charge in [0.1, 0.15) is 0 Å². The van der Waals surface area contributed by atoms with Crippen LogP contribution in [-0.4, -0.2) is 29.3 Å². The van der Waals surface area contributed by atoms with Crippen LogP contribution < -0.4 is 10.6 Å². The van der Waals surface area contributed by atoms with Crippen molar-refractivity contribution in [1.29, 1.82) is 0 Å². The summed E-state index contributed by atoms with van der Waals surface area (Å²) in [4.78, 5) is 26.5. The van der Waals surface area contributed by atoms with Crippen LogP contribution in [0.25, 0.3) is 0 Å². The molecule has 3 rings (SSSR count). The first kappa shape index (κ1) is 20.1. The van der Waals surface area contributed by atoms with Crippen molar-refractivity contribution in [1.82, 2.24) is 10.2 Å². The van der Waals surface area contributed by atoms with Gasteiger partial charge in [0.25, 0.3) is 0 Å². The lowest BCUT2D eigenvalue weighted by molar-refractivity contribution is -0.126. The molecule has 0 radical (unpaired) electrons. The first-order valence-corrected chi connectivity index (χ1v) is 10.0. The Bertz CT molecular complexity index is 817. The van der Waals surface area contributed by atoms with Crippen molar-refractivity contribution in [2.75, 3.05) is 11.9 Å². The van der Waals surface area contributed by atoms with Crippen LogP contribution in [0, 0.1) is 0 Å². The largest absolute Gasteiger partial charge is 0.351 e. The van der Waals surface area contributed by atoms with Crippen LogP contribution in [0.4, 0.5) is 5.69 Å². The molecule has 2 N–H and O–H groups in total. The summed E-state index contributed by atoms with van der Waals surface area (Å²) in [5.41, 5.74) is 4.50. The molecule has 5 nitrogen and oxygen atoms in total. The molecule has 148 valence electrons. The van der Waals surface area contributed by atoms with Gasteiger partial charge in [-0.1, -0.05) is 43.3 Å². The molecule has 0 saturated heterocycles. The Labute approximate surface area is 167 Å². The van der Waals surface area contributed by atoms with Crippen molar-refractivity contribution in [3.63, 3.8) is 0 Å². The third kappa shape index (κ3) is 5.20. The number of hydrogen-bond donors (Lipinski definition) is 2. The van der Waals surface area contributed by atoms with E-state index in [4.69, 9.17) is 0 Å². The van der Waals surface area contributed by atoms with E-state index in [9.17, 15) is 9.59 Å². The second kappa shape index (κ2) is 9.51. The summed E-state index contributed by atoms with van der Waals surface area (Å²) in [7, 11) is 0. The van der Waals surface area contributed by atoms with Gasteiger partial charge in [0.15, 0.2) is 0 Å². The molecule has 2 aromatic rings. The maximum Gasteiger partial charge on any atom is 0.237 e. The number of fused-ring (bicyclic) bond motifs is 1. The zero-order valence-electron chi connectivity index (χ0n) is 16.7. The van der Waals surface area contributed by atoms with Gasteiger partial charge in [-0.2, -0.15) is 0 Å². The van der Waals surface area contributed by atoms with Crippen molar-refractivity contribution in [2.24, 2.45) is 0 Å². The maximum absolute atomic E-state index is 12.6. The zero-order chi connectivity index (χ0) is 19.9. The summed E-state index contributed by atoms with van der Waals surface area (Å²) in [5.74, 6) is 0.0696. The number of rotatable bonds is 7. The standard InChI is InChI=1S/C23H29N3O2/c1-3-6-22(27)25-21-11-9-18(10-12-21)15-24-23(28)17(2)26-14-13-19-7-4-5-8-20(19)16-26/h4-5,7-12,17H,3,6,13-16H2,1-2H3,(H,24,28)(H,25,27). The Balaban J connectivity index is 1.49. The van der Waals surface area contributed by atoms with E-state index >= 15 is 0 Å². The SMILES string of the molecule is CCCC(=O)Nc1ccc(CNC(=O)C(C)N2CCc3ccccc3C2)cc1. The Morgan fingerprint density at radius 1 is 1.07 bits per heavy atom. The maximum atomic E-state index is 12.6. The van der Waals surface area contributed by atoms with E-state index in [2.05, 4.69) is 39.8 Å². The van der Waals surface area contributed by atoms with Crippen LogP contribution in [0.5, 0.6) is 0 Å². The fourth-order valence-corrected chi connectivity index (χ4v) is 3.51. The second-order valence-corrected chi connectivity index (χ2v) is 7.38. The van der Waals surface area contributed by atoms with Gasteiger partial charge < -0.3 is 10.6 Å². The van der Waals surface area contributed by atoms with E-state index in [-0.39, 0.29) is 17.9 Å². The molecule has 0 aromatic heterocycles. The van der Waals surface area contributed by atoms with Gasteiger partial charge in [-0.3, -0.25) is 14.5 Å². The lowest BCUT2D eigenvalue weighted by atomic mass is 9.99. The van der Waals surface area contributed by atoms with Gasteiger partial charge in [0.05, 0.1) is 6.04 Å². The molecule has 0 fully saturated rings. The Kier molecular flexibility index (Phi) is 6.82. The van der Waals surface area contributed by atoms with Crippen molar-refractivity contribution >= 4 is 17.5 Å². The van der Waals surface area contributed by atoms with Crippen LogP contribution in [0.15, 0.2) is 48.5 Å². The summed E-state index contributed by atoms with van der Waals surface area (Å²) < 4.78 is 0. The zero-order valence-corrected chi connectivity index (χ0v) is 16.7. The van der Waals surface area contributed by atoms with E-state index in [0.29, 0.717) is 13.0 Å². The van der Waals surface area contributed by atoms with Crippen molar-refractivity contribution in [3.8, 4) is 0 Å². The molecule has 1 unspecified atom stereocenters. The van der Waals surface area contributed by atoms with Crippen molar-refractivity contribution in [3.05, 3.63) is 65.2 Å². The fourth-order valence-electron chi connectivity index (χ4n) is 3.51. The minimum absolute atomic E-state index is 0.0282. The van der Waals surface area contributed by atoms with E-state index in [1.54, 1.807) is 0 Å². The highest BCUT2D eigenvalue weighted by molar-refractivity contribution is 5.90. The Morgan fingerprint density at radius 2 is 1.79 bits per heavy atom. The molecule has 1 aliphatic rings. The highest BCUT2D eigenvalue weighted by Crippen LogP contribution is 2.20. The van der Waals surface area contributed by atoms with Crippen molar-refractivity contribution < 1.29 is 9.59 Å². The van der Waals surface area contributed by atoms with Crippen molar-refractivity contribution in [2.45, 2.75) is 52.2 Å². The molecule has 2 aromatic carbocycles. The van der Waals surface area contributed by atoms with Gasteiger partial charge in [-0.05, 0) is 48.6 Å². The van der Waals surface area contributed by atoms with Crippen LogP contribution in [-0.2, 0) is 29.1 Å². The molecular formula is C23H29N3O2. The lowest BCUT2D eigenvalue weighted by Crippen LogP contribution is -2.46. The lowest BCUT2D eigenvalue weighted by Gasteiger charge is -2.32. The van der Waals surface area contributed by atoms with Crippen LogP contribution in [0.2, 0.25) is 0 Å². The first-order chi connectivity index (χ1) is 13.6. The minimum atomic E-state index is -0.166. The van der Waals surface area contributed by atoms with Gasteiger partial charge in [-0.15, -0.1) is 0 Å². The summed E-state index contributed by atoms with van der Waals surface area (Å²) in [6.45, 7) is 6.15. The third-order valence-electron chi connectivity index (χ3n) is 5.27. The topological polar surface area (TPSA) is 61.4 Å². The minimum Gasteiger partial charge on any atom is -0.351 e. The van der Waals surface area contributed by atoms with Crippen LogP contribution in [0.3, 0.4) is 0 Å². The smallest absolute Gasteiger partial charge is 0.237 e. The Hall–Kier alpha value is -2.66. The molecule has 0 spiro atoms. The fraction of sp³-hybridized carbons (Fsp3) is 0.391. The van der Waals surface area contributed by atoms with Gasteiger partial charge in [-0.25, -0.2) is 0 Å². The van der Waals surface area contributed by atoms with E-state index in [1.165, 1.54) is 11.1 Å². The monoisotopic (exact) mass is 379 g/mol. The summed E-state index contributed by atoms with van der Waals surface area (Å²) in [6.07, 6.45) is 2.34. The molecule has 28 heavy (non-hydrogen) atoms. The van der Waals surface area contributed by atoms with E-state index < -0.39 is 0 Å². The number of carbonyl (C=O) groups excluding carboxylic acids is 2. The van der Waals surface area contributed by atoms with Gasteiger partial charge >= 0.3 is 0 Å². The van der Waals surface area contributed by atoms with Crippen LogP contribution in [0.1, 0.15) is 43.4 Å². The van der Waals surface area contributed by atoms with E-state index in [0.717, 1.165) is 37.2 Å². The molecular weight excluding hydrogens is 350 g/mol. The molecule has 5 heteroatoms. The summed E-state index contributed by atoms with van der Waals surface area (Å²) in [6, 6.07) is 15.9. The number of carbonyl (C=O) groups is 2. The average molecular weight is 380 g/mol. The van der Waals surface area contributed by atoms with Gasteiger partial charge in [0.2, 0.25) is 11.8 Å². The average Bonchev–Trinajstić information content (AvgIpc) is 2.72. The molecule has 1 aliphatic heterocycles. The summed E-state index contributed by atoms with van der Waals surface area (Å²) >= 11 is 0. The van der Waals surface area contributed by atoms with Gasteiger partial charge in [0, 0.05) is 31.7 Å². The molecule has 0 saturated carbocycles. The first-order valence-electron chi connectivity index (χ1n) is 10.0. The quantitative estimate of drug-likeness (QED) is 0.774. The molecule has 0 aliphatic carbocycles. The molecule has 1 atom stereocenters. The molecule has 2 amide bonds. The Morgan fingerprint density at radius 3 is 2.50 bits per heavy atom. The molecule has 0 bridgehead atoms. The number of benzene rings is 2. The number of anilines is 1. The summed E-state index contributed by atoms with van der Waals surface area (Å²) in [5, 5.41) is 5.90. The van der Waals surface area contributed by atoms with E-state index in [1.807, 2.05) is 38.1 Å². The molecule has 1 heterocycles. The predicted octanol–water partition coefficient (Wildman–Crippen LogP) is 3.49. The highest BCUT2D eigenvalue weighted by Gasteiger charge is 2.24. The highest BCUT2D eigenvalue weighted by atomic mass is 16.2. The number of hydrogen-bond acceptors (Lipinski definition) is 3. The third-order valence-corrected chi connectivity index (χ3v) is 5.27. The number of nitrogens with one attached hydrogen (secondary N) is 2. The number of amides is 2. The number of nitrogens with zero attached hydrogens (tertiary/aromatic N) is 1. The van der Waals surface area contributed by atoms with Crippen LogP contribution >= 0.6 is 0 Å². The normalized spacial score (nSPS) is 14.8. The second-order valence-electron chi connectivity index (χ2n) is 7.38. The predicted molar refractivity (Wildman–Crippen MR) is 112 cm³/mol.